The predicted octanol–water partition coefficient (Wildman–Crippen LogP) is 9.18. The van der Waals surface area contributed by atoms with Crippen molar-refractivity contribution in [2.75, 3.05) is 13.7 Å². The van der Waals surface area contributed by atoms with E-state index in [1.807, 2.05) is 43.3 Å². The molecule has 0 fully saturated rings. The van der Waals surface area contributed by atoms with Crippen molar-refractivity contribution < 1.29 is 19.0 Å². The molecule has 0 radical (unpaired) electrons. The second-order valence-electron chi connectivity index (χ2n) is 11.8. The van der Waals surface area contributed by atoms with Gasteiger partial charge in [-0.3, -0.25) is 0 Å². The van der Waals surface area contributed by atoms with Crippen LogP contribution >= 0.6 is 20.8 Å². The van der Waals surface area contributed by atoms with Crippen LogP contribution in [0, 0.1) is 6.92 Å². The Hall–Kier alpha value is -4.70. The average Bonchev–Trinajstić information content (AvgIpc) is 3.15. The van der Waals surface area contributed by atoms with Crippen LogP contribution < -0.4 is 30.1 Å². The van der Waals surface area contributed by atoms with E-state index in [1.165, 1.54) is 15.9 Å². The van der Waals surface area contributed by atoms with Gasteiger partial charge in [-0.15, -0.1) is 0 Å². The molecule has 0 saturated carbocycles. The molecule has 0 aliphatic carbocycles. The normalized spacial score (nSPS) is 12.0. The van der Waals surface area contributed by atoms with Crippen molar-refractivity contribution in [3.05, 3.63) is 180 Å². The number of Topliss-reactive ketones (excluding diaryl/α,β-unsaturated/α-hetero) is 1. The van der Waals surface area contributed by atoms with E-state index in [2.05, 4.69) is 119 Å². The van der Waals surface area contributed by atoms with Gasteiger partial charge in [0.15, 0.2) is 0 Å². The van der Waals surface area contributed by atoms with Crippen molar-refractivity contribution in [3.63, 3.8) is 0 Å². The topological polar surface area (TPSA) is 44.8 Å². The minimum atomic E-state index is -3.31. The number of carbonyl (C=O) groups excluding carboxylic acids is 1. The first kappa shape index (κ1) is 33.2. The van der Waals surface area contributed by atoms with Crippen molar-refractivity contribution >= 4 is 42.5 Å². The van der Waals surface area contributed by atoms with Crippen LogP contribution in [0.3, 0.4) is 0 Å². The fourth-order valence-corrected chi connectivity index (χ4v) is 13.8. The van der Waals surface area contributed by atoms with E-state index >= 15 is 0 Å². The molecule has 0 heterocycles. The van der Waals surface area contributed by atoms with Crippen molar-refractivity contribution in [2.45, 2.75) is 19.7 Å². The van der Waals surface area contributed by atoms with Gasteiger partial charge in [-0.05, 0) is 0 Å². The van der Waals surface area contributed by atoms with Gasteiger partial charge in [-0.2, -0.15) is 0 Å². The van der Waals surface area contributed by atoms with Crippen LogP contribution in [-0.4, -0.2) is 19.5 Å². The Labute approximate surface area is 291 Å². The third-order valence-corrected chi connectivity index (χ3v) is 18.2. The summed E-state index contributed by atoms with van der Waals surface area (Å²) in [4.78, 5) is 13.8. The summed E-state index contributed by atoms with van der Waals surface area (Å²) >= 11 is 4.56. The van der Waals surface area contributed by atoms with E-state index < -0.39 is 5.31 Å². The van der Waals surface area contributed by atoms with Crippen LogP contribution in [0.5, 0.6) is 17.2 Å². The Morgan fingerprint density at radius 3 is 1.71 bits per heavy atom. The first-order valence-corrected chi connectivity index (χ1v) is 20.3. The molecule has 48 heavy (non-hydrogen) atoms. The predicted molar refractivity (Wildman–Crippen MR) is 203 cm³/mol. The SMILES string of the molecule is COc1ccc(C(=O)COc2cc(C)ccc2CP(Br)(c2ccccc2)(c2ccccc2)c2ccccc2)c(OCc2ccccc2)c1. The maximum absolute atomic E-state index is 13.8. The zero-order valence-electron chi connectivity index (χ0n) is 27.1. The van der Waals surface area contributed by atoms with Crippen LogP contribution in [0.2, 0.25) is 0 Å². The zero-order valence-corrected chi connectivity index (χ0v) is 29.6. The molecule has 0 saturated heterocycles. The molecule has 6 aromatic rings. The molecule has 6 heteroatoms. The van der Waals surface area contributed by atoms with Crippen LogP contribution in [0.4, 0.5) is 0 Å². The molecule has 0 N–H and O–H groups in total. The Bertz CT molecular complexity index is 1880. The second-order valence-corrected chi connectivity index (χ2v) is 20.7. The Balaban J connectivity index is 1.37. The molecule has 0 aliphatic heterocycles. The van der Waals surface area contributed by atoms with Crippen molar-refractivity contribution in [2.24, 2.45) is 0 Å². The number of methoxy groups -OCH3 is 1. The summed E-state index contributed by atoms with van der Waals surface area (Å²) in [6.45, 7) is 2.22. The van der Waals surface area contributed by atoms with E-state index in [9.17, 15) is 4.79 Å². The molecule has 6 aromatic carbocycles. The maximum atomic E-state index is 13.8. The van der Waals surface area contributed by atoms with Gasteiger partial charge in [-0.1, -0.05) is 18.2 Å². The molecule has 242 valence electrons. The van der Waals surface area contributed by atoms with Crippen LogP contribution in [0.15, 0.2) is 158 Å². The van der Waals surface area contributed by atoms with E-state index in [4.69, 9.17) is 14.2 Å². The van der Waals surface area contributed by atoms with E-state index in [-0.39, 0.29) is 12.4 Å². The third-order valence-electron chi connectivity index (χ3n) is 8.66. The first-order chi connectivity index (χ1) is 23.4. The van der Waals surface area contributed by atoms with Crippen molar-refractivity contribution in [1.82, 2.24) is 0 Å². The summed E-state index contributed by atoms with van der Waals surface area (Å²) in [5, 5.41) is 0.321. The van der Waals surface area contributed by atoms with Gasteiger partial charge in [0.25, 0.3) is 0 Å². The van der Waals surface area contributed by atoms with Gasteiger partial charge in [-0.25, -0.2) is 0 Å². The number of ketones is 1. The standard InChI is InChI=1S/C42H38BrO4P/c1-32-23-24-34(31-48(43,36-17-9-4-10-18-36,37-19-11-5-12-20-37)38-21-13-6-14-22-38)41(27-32)47-30-40(44)39-26-25-35(45-2)28-42(39)46-29-33-15-7-3-8-16-33/h3-28H,29-31H2,1-2H3. The molecule has 6 rings (SSSR count). The minimum absolute atomic E-state index is 0.148. The molecule has 4 nitrogen and oxygen atoms in total. The molecule has 0 spiro atoms. The number of hydrogen-bond donors (Lipinski definition) is 0. The number of hydrogen-bond acceptors (Lipinski definition) is 4. The van der Waals surface area contributed by atoms with Gasteiger partial charge in [0, 0.05) is 0 Å². The molecule has 0 aromatic heterocycles. The van der Waals surface area contributed by atoms with Gasteiger partial charge in [0.2, 0.25) is 0 Å². The first-order valence-electron chi connectivity index (χ1n) is 15.9. The van der Waals surface area contributed by atoms with E-state index in [0.717, 1.165) is 16.7 Å². The fraction of sp³-hybridized carbons (Fsp3) is 0.119. The molecule has 0 bridgehead atoms. The van der Waals surface area contributed by atoms with Crippen LogP contribution in [-0.2, 0) is 12.8 Å². The van der Waals surface area contributed by atoms with Gasteiger partial charge >= 0.3 is 274 Å². The third kappa shape index (κ3) is 6.80. The van der Waals surface area contributed by atoms with Crippen LogP contribution in [0.25, 0.3) is 0 Å². The monoisotopic (exact) mass is 716 g/mol. The summed E-state index contributed by atoms with van der Waals surface area (Å²) in [5.41, 5.74) is 3.51. The fourth-order valence-electron chi connectivity index (χ4n) is 6.12. The molecular weight excluding hydrogens is 679 g/mol. The number of ether oxygens (including phenoxy) is 3. The van der Waals surface area contributed by atoms with Gasteiger partial charge in [0.1, 0.15) is 0 Å². The molecule has 0 amide bonds. The number of aryl methyl sites for hydroxylation is 1. The summed E-state index contributed by atoms with van der Waals surface area (Å²) in [5.74, 6) is 1.57. The Morgan fingerprint density at radius 1 is 0.625 bits per heavy atom. The number of benzene rings is 6. The molecule has 0 aliphatic rings. The van der Waals surface area contributed by atoms with Crippen LogP contribution in [0.1, 0.15) is 27.0 Å². The molecular formula is C42H38BrO4P. The number of rotatable bonds is 13. The number of halogens is 1. The van der Waals surface area contributed by atoms with E-state index in [1.54, 1.807) is 25.3 Å². The molecule has 0 atom stereocenters. The Morgan fingerprint density at radius 2 is 1.17 bits per heavy atom. The van der Waals surface area contributed by atoms with Gasteiger partial charge < -0.3 is 0 Å². The zero-order chi connectivity index (χ0) is 33.4. The summed E-state index contributed by atoms with van der Waals surface area (Å²) in [6.07, 6.45) is 0.640. The summed E-state index contributed by atoms with van der Waals surface area (Å²) < 4.78 is 18.1. The average molecular weight is 718 g/mol. The Kier molecular flexibility index (Phi) is 10.1. The quantitative estimate of drug-likeness (QED) is 0.0884. The second kappa shape index (κ2) is 14.6. The van der Waals surface area contributed by atoms with Crippen molar-refractivity contribution in [3.8, 4) is 17.2 Å². The summed E-state index contributed by atoms with van der Waals surface area (Å²) in [7, 11) is 1.60. The van der Waals surface area contributed by atoms with Gasteiger partial charge in [0.05, 0.1) is 0 Å². The van der Waals surface area contributed by atoms with E-state index in [0.29, 0.717) is 35.6 Å². The number of carbonyl (C=O) groups is 1. The molecule has 0 unspecified atom stereocenters. The summed E-state index contributed by atoms with van der Waals surface area (Å²) in [6, 6.07) is 53.4. The van der Waals surface area contributed by atoms with Crippen molar-refractivity contribution in [1.29, 1.82) is 0 Å².